The summed E-state index contributed by atoms with van der Waals surface area (Å²) in [7, 11) is 0. The molecule has 0 saturated heterocycles. The van der Waals surface area contributed by atoms with E-state index in [1.807, 2.05) is 33.1 Å². The van der Waals surface area contributed by atoms with Gasteiger partial charge in [-0.1, -0.05) is 37.3 Å². The Morgan fingerprint density at radius 2 is 1.88 bits per heavy atom. The highest BCUT2D eigenvalue weighted by Gasteiger charge is 2.36. The van der Waals surface area contributed by atoms with Crippen LogP contribution in [0, 0.1) is 12.5 Å². The molecule has 0 aliphatic carbocycles. The summed E-state index contributed by atoms with van der Waals surface area (Å²) in [4.78, 5) is 40.5. The first-order valence-corrected chi connectivity index (χ1v) is 12.4. The van der Waals surface area contributed by atoms with Crippen molar-refractivity contribution >= 4 is 35.7 Å². The Balaban J connectivity index is 3.42. The lowest BCUT2D eigenvalue weighted by Gasteiger charge is -2.32. The molecule has 34 heavy (non-hydrogen) atoms. The third kappa shape index (κ3) is 9.52. The van der Waals surface area contributed by atoms with Crippen LogP contribution in [-0.4, -0.2) is 52.0 Å². The zero-order chi connectivity index (χ0) is 26.1. The Morgan fingerprint density at radius 3 is 2.38 bits per heavy atom. The number of hydrogen-bond acceptors (Lipinski definition) is 5. The van der Waals surface area contributed by atoms with Gasteiger partial charge in [-0.2, -0.15) is 11.8 Å². The van der Waals surface area contributed by atoms with Gasteiger partial charge in [0.2, 0.25) is 5.91 Å². The summed E-state index contributed by atoms with van der Waals surface area (Å²) >= 11 is 1.53. The van der Waals surface area contributed by atoms with Crippen molar-refractivity contribution in [2.45, 2.75) is 71.2 Å². The van der Waals surface area contributed by atoms with E-state index in [2.05, 4.69) is 23.3 Å². The fourth-order valence-corrected chi connectivity index (χ4v) is 3.56. The standard InChI is InChI=1S/C26H37N3O4S/c1-10-18-13-12-14-19(17-18)21(22(30)28-25(3,4)5)29(11-2)23(31)20(15-16-34-9)27-24(32)33-26(6,7)8/h2,10,12-14,17,20-21H,1,15-16H2,3-9H3,(H,27,32)(H,28,30). The second kappa shape index (κ2) is 12.5. The van der Waals surface area contributed by atoms with Crippen LogP contribution in [0.2, 0.25) is 0 Å². The van der Waals surface area contributed by atoms with Gasteiger partial charge in [0.15, 0.2) is 0 Å². The highest BCUT2D eigenvalue weighted by molar-refractivity contribution is 7.98. The summed E-state index contributed by atoms with van der Waals surface area (Å²) in [5, 5.41) is 5.54. The van der Waals surface area contributed by atoms with Crippen molar-refractivity contribution in [2.75, 3.05) is 12.0 Å². The number of carbonyl (C=O) groups excluding carboxylic acids is 3. The number of terminal acetylenes is 1. The molecule has 8 heteroatoms. The van der Waals surface area contributed by atoms with Crippen LogP contribution in [0.5, 0.6) is 0 Å². The maximum Gasteiger partial charge on any atom is 0.408 e. The number of nitrogens with one attached hydrogen (secondary N) is 2. The van der Waals surface area contributed by atoms with E-state index in [1.165, 1.54) is 11.8 Å². The van der Waals surface area contributed by atoms with E-state index in [1.54, 1.807) is 45.0 Å². The van der Waals surface area contributed by atoms with Crippen molar-refractivity contribution in [2.24, 2.45) is 0 Å². The molecule has 0 bridgehead atoms. The Kier molecular flexibility index (Phi) is 10.7. The van der Waals surface area contributed by atoms with Gasteiger partial charge >= 0.3 is 6.09 Å². The topological polar surface area (TPSA) is 87.7 Å². The van der Waals surface area contributed by atoms with Crippen LogP contribution in [0.1, 0.15) is 65.1 Å². The third-order valence-corrected chi connectivity index (χ3v) is 5.09. The molecule has 3 amide bonds. The van der Waals surface area contributed by atoms with Gasteiger partial charge in [0, 0.05) is 11.6 Å². The van der Waals surface area contributed by atoms with Crippen molar-refractivity contribution in [3.8, 4) is 12.5 Å². The number of hydrogen-bond donors (Lipinski definition) is 2. The molecule has 0 aliphatic rings. The Bertz CT molecular complexity index is 925. The molecule has 0 radical (unpaired) electrons. The van der Waals surface area contributed by atoms with E-state index in [-0.39, 0.29) is 0 Å². The first-order chi connectivity index (χ1) is 15.7. The molecule has 2 atom stereocenters. The van der Waals surface area contributed by atoms with E-state index in [4.69, 9.17) is 11.2 Å². The summed E-state index contributed by atoms with van der Waals surface area (Å²) in [5.74, 6) is -0.406. The van der Waals surface area contributed by atoms with E-state index in [0.29, 0.717) is 17.7 Å². The molecule has 2 N–H and O–H groups in total. The summed E-state index contributed by atoms with van der Waals surface area (Å²) < 4.78 is 5.33. The summed E-state index contributed by atoms with van der Waals surface area (Å²) in [6, 6.07) is 7.41. The van der Waals surface area contributed by atoms with Gasteiger partial charge in [-0.25, -0.2) is 4.79 Å². The van der Waals surface area contributed by atoms with E-state index >= 15 is 0 Å². The highest BCUT2D eigenvalue weighted by atomic mass is 32.2. The summed E-state index contributed by atoms with van der Waals surface area (Å²) in [6.07, 6.45) is 8.92. The minimum absolute atomic E-state index is 0.317. The predicted molar refractivity (Wildman–Crippen MR) is 139 cm³/mol. The van der Waals surface area contributed by atoms with Crippen molar-refractivity contribution in [1.29, 1.82) is 0 Å². The molecule has 0 fully saturated rings. The SMILES string of the molecule is C#CN(C(=O)C(CCSC)NC(=O)OC(C)(C)C)C(C(=O)NC(C)(C)C)c1cccc(C=C)c1. The molecule has 7 nitrogen and oxygen atoms in total. The molecule has 2 unspecified atom stereocenters. The van der Waals surface area contributed by atoms with Gasteiger partial charge in [0.05, 0.1) is 0 Å². The maximum atomic E-state index is 13.6. The third-order valence-electron chi connectivity index (χ3n) is 4.44. The molecule has 186 valence electrons. The first kappa shape index (κ1) is 29.1. The summed E-state index contributed by atoms with van der Waals surface area (Å²) in [5.41, 5.74) is 0.0259. The second-order valence-corrected chi connectivity index (χ2v) is 10.8. The van der Waals surface area contributed by atoms with E-state index < -0.39 is 41.1 Å². The zero-order valence-corrected chi connectivity index (χ0v) is 22.0. The molecule has 0 spiro atoms. The number of amides is 3. The van der Waals surface area contributed by atoms with Crippen molar-refractivity contribution < 1.29 is 19.1 Å². The number of nitrogens with zero attached hydrogens (tertiary/aromatic N) is 1. The summed E-state index contributed by atoms with van der Waals surface area (Å²) in [6.45, 7) is 14.5. The molecule has 0 saturated carbocycles. The fraction of sp³-hybridized carbons (Fsp3) is 0.500. The molecule has 0 aliphatic heterocycles. The Hall–Kier alpha value is -2.92. The number of thioether (sulfide) groups is 1. The van der Waals surface area contributed by atoms with Crippen LogP contribution in [0.15, 0.2) is 30.8 Å². The van der Waals surface area contributed by atoms with Crippen LogP contribution in [0.3, 0.4) is 0 Å². The van der Waals surface area contributed by atoms with Crippen LogP contribution in [0.25, 0.3) is 6.08 Å². The van der Waals surface area contributed by atoms with Gasteiger partial charge < -0.3 is 15.4 Å². The molecule has 1 aromatic rings. The van der Waals surface area contributed by atoms with Gasteiger partial charge in [0.1, 0.15) is 17.7 Å². The monoisotopic (exact) mass is 487 g/mol. The van der Waals surface area contributed by atoms with Crippen molar-refractivity contribution in [3.63, 3.8) is 0 Å². The van der Waals surface area contributed by atoms with E-state index in [9.17, 15) is 14.4 Å². The highest BCUT2D eigenvalue weighted by Crippen LogP contribution is 2.25. The minimum atomic E-state index is -1.10. The normalized spacial score (nSPS) is 13.1. The number of rotatable bonds is 9. The average molecular weight is 488 g/mol. The second-order valence-electron chi connectivity index (χ2n) is 9.83. The zero-order valence-electron chi connectivity index (χ0n) is 21.2. The average Bonchev–Trinajstić information content (AvgIpc) is 2.71. The van der Waals surface area contributed by atoms with Crippen LogP contribution in [0.4, 0.5) is 4.79 Å². The Morgan fingerprint density at radius 1 is 1.24 bits per heavy atom. The first-order valence-electron chi connectivity index (χ1n) is 11.0. The van der Waals surface area contributed by atoms with Gasteiger partial charge in [-0.15, -0.1) is 0 Å². The van der Waals surface area contributed by atoms with Gasteiger partial charge in [-0.3, -0.25) is 14.5 Å². The lowest BCUT2D eigenvalue weighted by atomic mass is 9.99. The van der Waals surface area contributed by atoms with Crippen LogP contribution in [-0.2, 0) is 14.3 Å². The molecule has 1 aromatic carbocycles. The van der Waals surface area contributed by atoms with Crippen molar-refractivity contribution in [3.05, 3.63) is 42.0 Å². The molecular formula is C26H37N3O4S. The smallest absolute Gasteiger partial charge is 0.408 e. The Labute approximate surface area is 208 Å². The molecule has 1 rings (SSSR count). The predicted octanol–water partition coefficient (Wildman–Crippen LogP) is 4.35. The van der Waals surface area contributed by atoms with Gasteiger partial charge in [-0.05, 0) is 77.2 Å². The van der Waals surface area contributed by atoms with E-state index in [0.717, 1.165) is 10.5 Å². The minimum Gasteiger partial charge on any atom is -0.444 e. The quantitative estimate of drug-likeness (QED) is 0.399. The lowest BCUT2D eigenvalue weighted by Crippen LogP contribution is -2.53. The largest absolute Gasteiger partial charge is 0.444 e. The number of alkyl carbamates (subject to hydrolysis) is 1. The molecule has 0 heterocycles. The molecular weight excluding hydrogens is 450 g/mol. The van der Waals surface area contributed by atoms with Crippen LogP contribution < -0.4 is 10.6 Å². The fourth-order valence-electron chi connectivity index (χ4n) is 3.09. The van der Waals surface area contributed by atoms with Crippen LogP contribution >= 0.6 is 11.8 Å². The van der Waals surface area contributed by atoms with Crippen molar-refractivity contribution in [1.82, 2.24) is 15.5 Å². The number of ether oxygens (including phenoxy) is 1. The van der Waals surface area contributed by atoms with Gasteiger partial charge in [0.25, 0.3) is 5.91 Å². The maximum absolute atomic E-state index is 13.6. The number of carbonyl (C=O) groups is 3. The lowest BCUT2D eigenvalue weighted by molar-refractivity contribution is -0.139. The number of benzene rings is 1. The molecule has 0 aromatic heterocycles.